The van der Waals surface area contributed by atoms with Gasteiger partial charge in [-0.1, -0.05) is 0 Å². The number of hydrogen-bond acceptors (Lipinski definition) is 3. The van der Waals surface area contributed by atoms with E-state index < -0.39 is 11.7 Å². The number of carbonyl (C=O) groups is 1. The molecule has 2 aromatic carbocycles. The number of benzene rings is 2. The van der Waals surface area contributed by atoms with E-state index in [4.69, 9.17) is 10.5 Å². The van der Waals surface area contributed by atoms with Crippen molar-refractivity contribution in [2.75, 3.05) is 0 Å². The Morgan fingerprint density at radius 2 is 2.00 bits per heavy atom. The van der Waals surface area contributed by atoms with Crippen LogP contribution in [-0.4, -0.2) is 11.0 Å². The van der Waals surface area contributed by atoms with Crippen molar-refractivity contribution in [3.8, 4) is 17.2 Å². The standard InChI is InChI=1S/C14H12FNO3/c1-8-4-10(17)7-11(5-8)19-13-3-2-9(15)6-12(13)14(16)18/h2-7,17H,1H3,(H2,16,18). The van der Waals surface area contributed by atoms with E-state index in [1.807, 2.05) is 0 Å². The minimum Gasteiger partial charge on any atom is -0.508 e. The Labute approximate surface area is 109 Å². The molecule has 5 heteroatoms. The molecule has 98 valence electrons. The number of primary amides is 1. The molecule has 0 aliphatic carbocycles. The summed E-state index contributed by atoms with van der Waals surface area (Å²) in [6.07, 6.45) is 0. The largest absolute Gasteiger partial charge is 0.508 e. The lowest BCUT2D eigenvalue weighted by Gasteiger charge is -2.10. The molecule has 0 heterocycles. The van der Waals surface area contributed by atoms with Crippen LogP contribution in [0.25, 0.3) is 0 Å². The van der Waals surface area contributed by atoms with Gasteiger partial charge in [0.15, 0.2) is 0 Å². The average molecular weight is 261 g/mol. The van der Waals surface area contributed by atoms with Crippen LogP contribution in [0.2, 0.25) is 0 Å². The predicted octanol–water partition coefficient (Wildman–Crippen LogP) is 2.73. The van der Waals surface area contributed by atoms with Gasteiger partial charge < -0.3 is 15.6 Å². The SMILES string of the molecule is Cc1cc(O)cc(Oc2ccc(F)cc2C(N)=O)c1. The summed E-state index contributed by atoms with van der Waals surface area (Å²) in [5, 5.41) is 9.46. The number of phenols is 1. The van der Waals surface area contributed by atoms with Gasteiger partial charge >= 0.3 is 0 Å². The molecule has 0 aliphatic heterocycles. The van der Waals surface area contributed by atoms with Gasteiger partial charge in [0.25, 0.3) is 5.91 Å². The van der Waals surface area contributed by atoms with Gasteiger partial charge in [0.1, 0.15) is 23.1 Å². The number of rotatable bonds is 3. The van der Waals surface area contributed by atoms with Crippen LogP contribution >= 0.6 is 0 Å². The highest BCUT2D eigenvalue weighted by Gasteiger charge is 2.12. The van der Waals surface area contributed by atoms with Crippen LogP contribution in [0.4, 0.5) is 4.39 Å². The number of halogens is 1. The fourth-order valence-corrected chi connectivity index (χ4v) is 1.70. The second kappa shape index (κ2) is 4.97. The number of carbonyl (C=O) groups excluding carboxylic acids is 1. The summed E-state index contributed by atoms with van der Waals surface area (Å²) in [5.74, 6) is -0.845. The van der Waals surface area contributed by atoms with Crippen LogP contribution in [-0.2, 0) is 0 Å². The van der Waals surface area contributed by atoms with Crippen molar-refractivity contribution in [1.82, 2.24) is 0 Å². The maximum Gasteiger partial charge on any atom is 0.252 e. The quantitative estimate of drug-likeness (QED) is 0.892. The summed E-state index contributed by atoms with van der Waals surface area (Å²) in [6, 6.07) is 8.11. The normalized spacial score (nSPS) is 10.2. The number of aryl methyl sites for hydroxylation is 1. The molecule has 0 spiro atoms. The first-order valence-corrected chi connectivity index (χ1v) is 5.53. The summed E-state index contributed by atoms with van der Waals surface area (Å²) in [6.45, 7) is 1.78. The maximum atomic E-state index is 13.1. The number of phenolic OH excluding ortho intramolecular Hbond substituents is 1. The second-order valence-corrected chi connectivity index (χ2v) is 4.11. The monoisotopic (exact) mass is 261 g/mol. The topological polar surface area (TPSA) is 72.6 Å². The van der Waals surface area contributed by atoms with Gasteiger partial charge in [-0.25, -0.2) is 4.39 Å². The zero-order valence-corrected chi connectivity index (χ0v) is 10.2. The lowest BCUT2D eigenvalue weighted by Crippen LogP contribution is -2.12. The van der Waals surface area contributed by atoms with Gasteiger partial charge in [-0.3, -0.25) is 4.79 Å². The molecule has 2 aromatic rings. The zero-order valence-electron chi connectivity index (χ0n) is 10.2. The molecular weight excluding hydrogens is 249 g/mol. The highest BCUT2D eigenvalue weighted by atomic mass is 19.1. The molecule has 0 unspecified atom stereocenters. The van der Waals surface area contributed by atoms with Crippen LogP contribution in [0.1, 0.15) is 15.9 Å². The van der Waals surface area contributed by atoms with E-state index in [1.165, 1.54) is 12.1 Å². The molecule has 0 bridgehead atoms. The third-order valence-electron chi connectivity index (χ3n) is 2.47. The van der Waals surface area contributed by atoms with Crippen molar-refractivity contribution >= 4 is 5.91 Å². The van der Waals surface area contributed by atoms with Crippen LogP contribution in [0.3, 0.4) is 0 Å². The highest BCUT2D eigenvalue weighted by molar-refractivity contribution is 5.95. The van der Waals surface area contributed by atoms with Gasteiger partial charge in [0, 0.05) is 6.07 Å². The first-order chi connectivity index (χ1) is 8.95. The summed E-state index contributed by atoms with van der Waals surface area (Å²) in [5.41, 5.74) is 5.90. The Balaban J connectivity index is 2.40. The molecule has 1 amide bonds. The molecule has 0 atom stereocenters. The molecule has 3 N–H and O–H groups in total. The smallest absolute Gasteiger partial charge is 0.252 e. The molecule has 0 aromatic heterocycles. The third-order valence-corrected chi connectivity index (χ3v) is 2.47. The van der Waals surface area contributed by atoms with E-state index in [0.717, 1.165) is 17.7 Å². The minimum atomic E-state index is -0.786. The van der Waals surface area contributed by atoms with Crippen LogP contribution in [0.5, 0.6) is 17.2 Å². The van der Waals surface area contributed by atoms with E-state index in [1.54, 1.807) is 19.1 Å². The van der Waals surface area contributed by atoms with Crippen molar-refractivity contribution in [2.45, 2.75) is 6.92 Å². The Hall–Kier alpha value is -2.56. The van der Waals surface area contributed by atoms with E-state index in [2.05, 4.69) is 0 Å². The van der Waals surface area contributed by atoms with Crippen molar-refractivity contribution in [3.63, 3.8) is 0 Å². The average Bonchev–Trinajstić information content (AvgIpc) is 2.30. The number of aromatic hydroxyl groups is 1. The van der Waals surface area contributed by atoms with Crippen molar-refractivity contribution in [2.24, 2.45) is 5.73 Å². The molecular formula is C14H12FNO3. The number of ether oxygens (including phenoxy) is 1. The minimum absolute atomic E-state index is 0.0396. The highest BCUT2D eigenvalue weighted by Crippen LogP contribution is 2.29. The Morgan fingerprint density at radius 1 is 1.26 bits per heavy atom. The van der Waals surface area contributed by atoms with Crippen LogP contribution < -0.4 is 10.5 Å². The lowest BCUT2D eigenvalue weighted by molar-refractivity contribution is 0.0997. The van der Waals surface area contributed by atoms with Crippen molar-refractivity contribution in [3.05, 3.63) is 53.3 Å². The van der Waals surface area contributed by atoms with Crippen LogP contribution in [0, 0.1) is 12.7 Å². The summed E-state index contributed by atoms with van der Waals surface area (Å²) in [7, 11) is 0. The molecule has 4 nitrogen and oxygen atoms in total. The zero-order chi connectivity index (χ0) is 14.0. The molecule has 0 aliphatic rings. The molecule has 0 saturated carbocycles. The van der Waals surface area contributed by atoms with E-state index >= 15 is 0 Å². The second-order valence-electron chi connectivity index (χ2n) is 4.11. The molecule has 0 fully saturated rings. The third kappa shape index (κ3) is 3.01. The maximum absolute atomic E-state index is 13.1. The van der Waals surface area contributed by atoms with Gasteiger partial charge in [-0.15, -0.1) is 0 Å². The number of nitrogens with two attached hydrogens (primary N) is 1. The fourth-order valence-electron chi connectivity index (χ4n) is 1.70. The summed E-state index contributed by atoms with van der Waals surface area (Å²) in [4.78, 5) is 11.2. The van der Waals surface area contributed by atoms with E-state index in [0.29, 0.717) is 5.75 Å². The van der Waals surface area contributed by atoms with Crippen molar-refractivity contribution < 1.29 is 19.0 Å². The van der Waals surface area contributed by atoms with E-state index in [9.17, 15) is 14.3 Å². The Bertz CT molecular complexity index is 620. The summed E-state index contributed by atoms with van der Waals surface area (Å²) < 4.78 is 18.5. The number of amides is 1. The first-order valence-electron chi connectivity index (χ1n) is 5.53. The molecule has 19 heavy (non-hydrogen) atoms. The van der Waals surface area contributed by atoms with Crippen molar-refractivity contribution in [1.29, 1.82) is 0 Å². The number of hydrogen-bond donors (Lipinski definition) is 2. The Morgan fingerprint density at radius 3 is 2.63 bits per heavy atom. The predicted molar refractivity (Wildman–Crippen MR) is 67.8 cm³/mol. The Kier molecular flexibility index (Phi) is 3.37. The van der Waals surface area contributed by atoms with E-state index in [-0.39, 0.29) is 17.1 Å². The first kappa shape index (κ1) is 12.9. The molecule has 0 saturated heterocycles. The lowest BCUT2D eigenvalue weighted by atomic mass is 10.2. The van der Waals surface area contributed by atoms with Gasteiger partial charge in [-0.2, -0.15) is 0 Å². The molecule has 0 radical (unpaired) electrons. The van der Waals surface area contributed by atoms with Gasteiger partial charge in [0.2, 0.25) is 0 Å². The van der Waals surface area contributed by atoms with Gasteiger partial charge in [-0.05, 0) is 42.8 Å². The van der Waals surface area contributed by atoms with Crippen LogP contribution in [0.15, 0.2) is 36.4 Å². The van der Waals surface area contributed by atoms with Gasteiger partial charge in [0.05, 0.1) is 5.56 Å². The summed E-state index contributed by atoms with van der Waals surface area (Å²) >= 11 is 0. The fraction of sp³-hybridized carbons (Fsp3) is 0.0714. The molecule has 2 rings (SSSR count).